The first kappa shape index (κ1) is 29.4. The molecule has 226 valence electrons. The van der Waals surface area contributed by atoms with E-state index in [1.165, 1.54) is 16.4 Å². The van der Waals surface area contributed by atoms with Crippen LogP contribution in [0.2, 0.25) is 0 Å². The van der Waals surface area contributed by atoms with E-state index in [1.807, 2.05) is 18.2 Å². The van der Waals surface area contributed by atoms with Gasteiger partial charge in [0.05, 0.1) is 11.4 Å². The molecule has 3 aliphatic rings. The molecule has 3 unspecified atom stereocenters. The van der Waals surface area contributed by atoms with Crippen LogP contribution in [-0.4, -0.2) is 66.2 Å². The topological polar surface area (TPSA) is 96.9 Å². The molecule has 0 N–H and O–H groups in total. The molecule has 3 aromatic rings. The van der Waals surface area contributed by atoms with E-state index >= 15 is 0 Å². The minimum absolute atomic E-state index is 0.112. The van der Waals surface area contributed by atoms with Gasteiger partial charge in [-0.05, 0) is 91.3 Å². The van der Waals surface area contributed by atoms with Crippen molar-refractivity contribution >= 4 is 21.7 Å². The van der Waals surface area contributed by atoms with Crippen molar-refractivity contribution in [3.8, 4) is 22.8 Å². The van der Waals surface area contributed by atoms with E-state index in [4.69, 9.17) is 4.74 Å². The van der Waals surface area contributed by atoms with Crippen LogP contribution < -0.4 is 4.74 Å². The van der Waals surface area contributed by atoms with Crippen LogP contribution in [0.3, 0.4) is 0 Å². The molecule has 3 atom stereocenters. The molecule has 10 heteroatoms. The predicted molar refractivity (Wildman–Crippen MR) is 161 cm³/mol. The number of pyridine rings is 1. The number of carbonyl (C=O) groups is 2. The van der Waals surface area contributed by atoms with Gasteiger partial charge in [-0.15, -0.1) is 0 Å². The molecule has 43 heavy (non-hydrogen) atoms. The molecule has 2 bridgehead atoms. The highest BCUT2D eigenvalue weighted by Crippen LogP contribution is 2.59. The number of rotatable bonds is 8. The SMILES string of the molecule is CC(C)C1C2CCC1(CS(=O)(=O)N1CCN(C(=O)c3cccc(-c4ccc(Oc5ccc(F)cc5)cc4)n3)CC1)C(=O)C2. The molecule has 1 amide bonds. The number of aromatic nitrogens is 1. The van der Waals surface area contributed by atoms with Gasteiger partial charge >= 0.3 is 0 Å². The van der Waals surface area contributed by atoms with Crippen LogP contribution in [0.4, 0.5) is 4.39 Å². The molecule has 1 saturated heterocycles. The third-order valence-electron chi connectivity index (χ3n) is 9.36. The van der Waals surface area contributed by atoms with Gasteiger partial charge < -0.3 is 9.64 Å². The first-order valence-electron chi connectivity index (χ1n) is 14.9. The first-order chi connectivity index (χ1) is 20.6. The number of ketones is 1. The fourth-order valence-electron chi connectivity index (χ4n) is 7.46. The summed E-state index contributed by atoms with van der Waals surface area (Å²) in [6, 6.07) is 18.3. The number of fused-ring (bicyclic) bond motifs is 2. The highest BCUT2D eigenvalue weighted by Gasteiger charge is 2.61. The number of halogens is 1. The van der Waals surface area contributed by atoms with Gasteiger partial charge in [0.25, 0.3) is 5.91 Å². The Balaban J connectivity index is 1.09. The molecule has 1 aromatic heterocycles. The van der Waals surface area contributed by atoms with Crippen LogP contribution in [0.1, 0.15) is 43.6 Å². The zero-order valence-corrected chi connectivity index (χ0v) is 25.2. The van der Waals surface area contributed by atoms with Gasteiger partial charge in [0.2, 0.25) is 10.0 Å². The van der Waals surface area contributed by atoms with Gasteiger partial charge in [0.1, 0.15) is 28.8 Å². The lowest BCUT2D eigenvalue weighted by atomic mass is 9.75. The number of amides is 1. The molecule has 2 heterocycles. The second-order valence-electron chi connectivity index (χ2n) is 12.3. The van der Waals surface area contributed by atoms with Crippen LogP contribution in [0.5, 0.6) is 11.5 Å². The maximum Gasteiger partial charge on any atom is 0.272 e. The molecule has 2 aromatic carbocycles. The Hall–Kier alpha value is -3.63. The maximum atomic E-state index is 13.6. The van der Waals surface area contributed by atoms with Gasteiger partial charge in [0.15, 0.2) is 0 Å². The molecular weight excluding hydrogens is 569 g/mol. The van der Waals surface area contributed by atoms with Crippen molar-refractivity contribution in [2.45, 2.75) is 33.1 Å². The predicted octanol–water partition coefficient (Wildman–Crippen LogP) is 5.41. The van der Waals surface area contributed by atoms with Crippen LogP contribution in [0, 0.1) is 29.0 Å². The third kappa shape index (κ3) is 5.70. The van der Waals surface area contributed by atoms with E-state index in [0.29, 0.717) is 36.0 Å². The summed E-state index contributed by atoms with van der Waals surface area (Å²) in [7, 11) is -3.66. The number of Topliss-reactive ketones (excluding diaryl/α,β-unsaturated/α-hetero) is 1. The van der Waals surface area contributed by atoms with Crippen molar-refractivity contribution in [2.24, 2.45) is 23.2 Å². The molecule has 6 rings (SSSR count). The van der Waals surface area contributed by atoms with Crippen LogP contribution in [0.15, 0.2) is 66.7 Å². The van der Waals surface area contributed by atoms with E-state index in [-0.39, 0.29) is 67.0 Å². The zero-order chi connectivity index (χ0) is 30.4. The second kappa shape index (κ2) is 11.5. The number of piperazine rings is 1. The van der Waals surface area contributed by atoms with E-state index in [9.17, 15) is 22.4 Å². The van der Waals surface area contributed by atoms with Crippen LogP contribution >= 0.6 is 0 Å². The molecule has 0 radical (unpaired) electrons. The molecule has 8 nitrogen and oxygen atoms in total. The summed E-state index contributed by atoms with van der Waals surface area (Å²) < 4.78 is 47.5. The summed E-state index contributed by atoms with van der Waals surface area (Å²) in [6.07, 6.45) is 2.08. The van der Waals surface area contributed by atoms with Gasteiger partial charge in [-0.1, -0.05) is 19.9 Å². The number of carbonyl (C=O) groups excluding carboxylic acids is 2. The lowest BCUT2D eigenvalue weighted by molar-refractivity contribution is -0.127. The third-order valence-corrected chi connectivity index (χ3v) is 11.4. The van der Waals surface area contributed by atoms with Crippen molar-refractivity contribution in [3.63, 3.8) is 0 Å². The fraction of sp³-hybridized carbons (Fsp3) is 0.424. The zero-order valence-electron chi connectivity index (χ0n) is 24.4. The Morgan fingerprint density at radius 2 is 1.65 bits per heavy atom. The highest BCUT2D eigenvalue weighted by molar-refractivity contribution is 7.89. The van der Waals surface area contributed by atoms with Crippen molar-refractivity contribution < 1.29 is 27.1 Å². The second-order valence-corrected chi connectivity index (χ2v) is 14.3. The normalized spacial score (nSPS) is 24.1. The summed E-state index contributed by atoms with van der Waals surface area (Å²) in [6.45, 7) is 5.10. The Bertz CT molecular complexity index is 1620. The Morgan fingerprint density at radius 1 is 1.00 bits per heavy atom. The Labute approximate surface area is 251 Å². The largest absolute Gasteiger partial charge is 0.457 e. The number of hydrogen-bond donors (Lipinski definition) is 0. The van der Waals surface area contributed by atoms with Gasteiger partial charge in [-0.3, -0.25) is 9.59 Å². The van der Waals surface area contributed by atoms with E-state index in [0.717, 1.165) is 12.0 Å². The number of benzene rings is 2. The number of nitrogens with zero attached hydrogens (tertiary/aromatic N) is 3. The summed E-state index contributed by atoms with van der Waals surface area (Å²) in [4.78, 5) is 32.6. The first-order valence-corrected chi connectivity index (χ1v) is 16.5. The number of sulfonamides is 1. The van der Waals surface area contributed by atoms with E-state index in [2.05, 4.69) is 18.8 Å². The lowest BCUT2D eigenvalue weighted by Crippen LogP contribution is -2.53. The van der Waals surface area contributed by atoms with Crippen LogP contribution in [0.25, 0.3) is 11.3 Å². The monoisotopic (exact) mass is 605 g/mol. The quantitative estimate of drug-likeness (QED) is 0.341. The summed E-state index contributed by atoms with van der Waals surface area (Å²) in [5.41, 5.74) is 0.940. The maximum absolute atomic E-state index is 13.6. The van der Waals surface area contributed by atoms with E-state index in [1.54, 1.807) is 41.3 Å². The molecule has 1 aliphatic heterocycles. The standard InChI is InChI=1S/C33H36FN3O5S/c1-22(2)31-24-14-15-33(31,30(38)20-24)21-43(40,41)37-18-16-36(17-19-37)32(39)29-5-3-4-28(35-29)23-6-10-26(11-7-23)42-27-12-8-25(34)9-13-27/h3-13,22,24,31H,14-21H2,1-2H3. The molecule has 0 spiro atoms. The minimum atomic E-state index is -3.66. The lowest BCUT2D eigenvalue weighted by Gasteiger charge is -2.37. The fourth-order valence-corrected chi connectivity index (χ4v) is 9.51. The molecule has 2 saturated carbocycles. The average molecular weight is 606 g/mol. The summed E-state index contributed by atoms with van der Waals surface area (Å²) >= 11 is 0. The van der Waals surface area contributed by atoms with Gasteiger partial charge in [-0.25, -0.2) is 17.8 Å². The van der Waals surface area contributed by atoms with Crippen molar-refractivity contribution in [1.29, 1.82) is 0 Å². The molecular formula is C33H36FN3O5S. The van der Waals surface area contributed by atoms with Crippen molar-refractivity contribution in [2.75, 3.05) is 31.9 Å². The van der Waals surface area contributed by atoms with Gasteiger partial charge in [0, 0.05) is 43.6 Å². The number of hydrogen-bond acceptors (Lipinski definition) is 6. The Morgan fingerprint density at radius 3 is 2.28 bits per heavy atom. The average Bonchev–Trinajstić information content (AvgIpc) is 3.49. The Kier molecular flexibility index (Phi) is 7.85. The molecule has 3 fully saturated rings. The van der Waals surface area contributed by atoms with Crippen LogP contribution in [-0.2, 0) is 14.8 Å². The molecule has 2 aliphatic carbocycles. The van der Waals surface area contributed by atoms with Gasteiger partial charge in [-0.2, -0.15) is 4.31 Å². The summed E-state index contributed by atoms with van der Waals surface area (Å²) in [5, 5.41) is 0. The summed E-state index contributed by atoms with van der Waals surface area (Å²) in [5.74, 6) is 1.19. The minimum Gasteiger partial charge on any atom is -0.457 e. The smallest absolute Gasteiger partial charge is 0.272 e. The van der Waals surface area contributed by atoms with E-state index < -0.39 is 15.4 Å². The van der Waals surface area contributed by atoms with Crippen molar-refractivity contribution in [1.82, 2.24) is 14.2 Å². The highest BCUT2D eigenvalue weighted by atomic mass is 32.2. The van der Waals surface area contributed by atoms with Crippen molar-refractivity contribution in [3.05, 3.63) is 78.2 Å². The number of ether oxygens (including phenoxy) is 1.